The zero-order valence-corrected chi connectivity index (χ0v) is 24.6. The van der Waals surface area contributed by atoms with Crippen LogP contribution in [0, 0.1) is 6.92 Å². The molecule has 0 saturated heterocycles. The molecule has 0 spiro atoms. The van der Waals surface area contributed by atoms with Crippen molar-refractivity contribution in [3.8, 4) is 0 Å². The van der Waals surface area contributed by atoms with E-state index < -0.39 is 7.60 Å². The number of likely N-dealkylation sites (N-methyl/N-ethyl adjacent to an activating group) is 1. The van der Waals surface area contributed by atoms with Gasteiger partial charge in [-0.1, -0.05) is 49.8 Å². The molecule has 206 valence electrons. The van der Waals surface area contributed by atoms with E-state index in [1.807, 2.05) is 6.07 Å². The van der Waals surface area contributed by atoms with Crippen LogP contribution in [-0.4, -0.2) is 39.3 Å². The predicted octanol–water partition coefficient (Wildman–Crippen LogP) is 5.42. The van der Waals surface area contributed by atoms with Crippen molar-refractivity contribution in [2.24, 2.45) is 0 Å². The minimum absolute atomic E-state index is 0.0647. The molecule has 0 radical (unpaired) electrons. The highest BCUT2D eigenvalue weighted by Crippen LogP contribution is 2.48. The van der Waals surface area contributed by atoms with Gasteiger partial charge in [0.1, 0.15) is 6.54 Å². The minimum Gasteiger partial charge on any atom is -0.344 e. The van der Waals surface area contributed by atoms with E-state index in [-0.39, 0.29) is 22.3 Å². The summed E-state index contributed by atoms with van der Waals surface area (Å²) in [5.41, 5.74) is 7.85. The molecule has 0 atom stereocenters. The Balaban J connectivity index is 0.00000134. The first-order valence-corrected chi connectivity index (χ1v) is 14.7. The molecule has 2 N–H and O–H groups in total. The van der Waals surface area contributed by atoms with Crippen LogP contribution in [0.15, 0.2) is 72.5 Å². The fraction of sp³-hybridized carbons (Fsp3) is 0.355. The Bertz CT molecular complexity index is 1470. The quantitative estimate of drug-likeness (QED) is 0.284. The fourth-order valence-electron chi connectivity index (χ4n) is 5.67. The summed E-state index contributed by atoms with van der Waals surface area (Å²) in [5, 5.41) is 0.0676. The number of rotatable bonds is 6. The minimum atomic E-state index is -4.31. The van der Waals surface area contributed by atoms with Gasteiger partial charge in [-0.15, -0.1) is 0 Å². The number of fused-ring (bicyclic) bond motifs is 2. The lowest BCUT2D eigenvalue weighted by molar-refractivity contribution is -0.433. The van der Waals surface area contributed by atoms with E-state index >= 15 is 0 Å². The Morgan fingerprint density at radius 2 is 1.62 bits per heavy atom. The van der Waals surface area contributed by atoms with Gasteiger partial charge in [0.15, 0.2) is 5.71 Å². The molecule has 8 heteroatoms. The third-order valence-electron chi connectivity index (χ3n) is 7.62. The Morgan fingerprint density at radius 3 is 2.21 bits per heavy atom. The van der Waals surface area contributed by atoms with Crippen molar-refractivity contribution in [1.82, 2.24) is 0 Å². The average Bonchev–Trinajstić information content (AvgIpc) is 3.21. The van der Waals surface area contributed by atoms with E-state index in [1.165, 1.54) is 22.5 Å². The Morgan fingerprint density at radius 1 is 0.949 bits per heavy atom. The summed E-state index contributed by atoms with van der Waals surface area (Å²) in [4.78, 5) is 38.0. The van der Waals surface area contributed by atoms with Crippen molar-refractivity contribution >= 4 is 36.1 Å². The first kappa shape index (κ1) is 30.2. The number of hydrogen-bond acceptors (Lipinski definition) is 4. The van der Waals surface area contributed by atoms with Gasteiger partial charge in [-0.05, 0) is 64.5 Å². The van der Waals surface area contributed by atoms with Crippen molar-refractivity contribution in [2.45, 2.75) is 59.3 Å². The molecule has 2 aromatic rings. The molecule has 2 aromatic carbocycles. The van der Waals surface area contributed by atoms with Gasteiger partial charge in [-0.2, -0.15) is 14.2 Å². The number of aryl methyl sites for hydroxylation is 1. The van der Waals surface area contributed by atoms with E-state index in [1.54, 1.807) is 12.1 Å². The molecule has 4 rings (SSSR count). The highest BCUT2D eigenvalue weighted by molar-refractivity contribution is 7.60. The largest absolute Gasteiger partial charge is 0.373 e. The Hall–Kier alpha value is -3.34. The maximum absolute atomic E-state index is 11.9. The van der Waals surface area contributed by atoms with E-state index in [0.717, 1.165) is 30.1 Å². The Kier molecular flexibility index (Phi) is 8.84. The topological polar surface area (TPSA) is 97.9 Å². The second-order valence-electron chi connectivity index (χ2n) is 10.8. The second kappa shape index (κ2) is 11.4. The summed E-state index contributed by atoms with van der Waals surface area (Å²) in [7, 11) is -4.31. The van der Waals surface area contributed by atoms with Crippen LogP contribution in [0.3, 0.4) is 0 Å². The van der Waals surface area contributed by atoms with E-state index in [0.29, 0.717) is 0 Å². The molecule has 2 aliphatic rings. The smallest absolute Gasteiger partial charge is 0.344 e. The molecular weight excluding hydrogens is 511 g/mol. The molecule has 0 amide bonds. The van der Waals surface area contributed by atoms with Gasteiger partial charge < -0.3 is 14.7 Å². The maximum Gasteiger partial charge on any atom is 0.373 e. The highest BCUT2D eigenvalue weighted by atomic mass is 31.2. The molecule has 0 aliphatic carbocycles. The lowest BCUT2D eigenvalue weighted by Crippen LogP contribution is -2.28. The third-order valence-corrected chi connectivity index (χ3v) is 8.57. The molecule has 0 unspecified atom stereocenters. The number of anilines is 1. The van der Waals surface area contributed by atoms with Crippen molar-refractivity contribution in [3.05, 3.63) is 89.2 Å². The van der Waals surface area contributed by atoms with E-state index in [9.17, 15) is 14.4 Å². The second-order valence-corrected chi connectivity index (χ2v) is 12.4. The molecule has 2 heterocycles. The molecule has 0 fully saturated rings. The van der Waals surface area contributed by atoms with Crippen LogP contribution in [0.1, 0.15) is 58.2 Å². The standard InChI is InChI=1S/C30H37N2O3P.CO2/c1-8-31-25-17-15-21(3)19-23(25)29(4,5)27(31)13-11-10-12-14-28-30(6,7)24-20-22(36(33,34)35)16-18-26(24)32(28)9-2;2-1-3/h10-20H,8-9H2,1-7H3,(H-,33,34,35);/p+1. The zero-order valence-electron chi connectivity index (χ0n) is 23.7. The van der Waals surface area contributed by atoms with Crippen LogP contribution in [0.2, 0.25) is 0 Å². The molecule has 0 bridgehead atoms. The van der Waals surface area contributed by atoms with Gasteiger partial charge in [-0.25, -0.2) is 0 Å². The third kappa shape index (κ3) is 5.68. The van der Waals surface area contributed by atoms with Crippen LogP contribution in [0.5, 0.6) is 0 Å². The molecule has 0 aromatic heterocycles. The van der Waals surface area contributed by atoms with E-state index in [2.05, 4.69) is 107 Å². The first-order chi connectivity index (χ1) is 18.2. The molecule has 0 saturated carbocycles. The van der Waals surface area contributed by atoms with Crippen LogP contribution in [-0.2, 0) is 25.0 Å². The summed E-state index contributed by atoms with van der Waals surface area (Å²) >= 11 is 0. The monoisotopic (exact) mass is 549 g/mol. The number of hydrogen-bond donors (Lipinski definition) is 2. The van der Waals surface area contributed by atoms with Crippen molar-refractivity contribution in [1.29, 1.82) is 0 Å². The van der Waals surface area contributed by atoms with E-state index in [4.69, 9.17) is 9.59 Å². The zero-order chi connectivity index (χ0) is 29.2. The van der Waals surface area contributed by atoms with Gasteiger partial charge in [0.05, 0.1) is 10.7 Å². The average molecular weight is 550 g/mol. The van der Waals surface area contributed by atoms with Gasteiger partial charge >= 0.3 is 13.7 Å². The van der Waals surface area contributed by atoms with Crippen molar-refractivity contribution in [2.75, 3.05) is 18.0 Å². The first-order valence-electron chi connectivity index (χ1n) is 13.0. The van der Waals surface area contributed by atoms with Crippen LogP contribution in [0.25, 0.3) is 0 Å². The SMILES string of the molecule is CCN1C(=CC=CC=CC2=[N+](CC)c3ccc(P(=O)(O)O)cc3C2(C)C)C(C)(C)c2cc(C)ccc21.O=C=O. The lowest BCUT2D eigenvalue weighted by Gasteiger charge is -2.25. The maximum atomic E-state index is 11.9. The summed E-state index contributed by atoms with van der Waals surface area (Å²) in [6.07, 6.45) is 10.8. The predicted molar refractivity (Wildman–Crippen MR) is 155 cm³/mol. The lowest BCUT2D eigenvalue weighted by atomic mass is 9.81. The van der Waals surface area contributed by atoms with Gasteiger partial charge in [0, 0.05) is 41.1 Å². The van der Waals surface area contributed by atoms with Crippen molar-refractivity contribution < 1.29 is 28.5 Å². The summed E-state index contributed by atoms with van der Waals surface area (Å²) in [6.45, 7) is 16.9. The normalized spacial score (nSPS) is 18.4. The van der Waals surface area contributed by atoms with Crippen molar-refractivity contribution in [3.63, 3.8) is 0 Å². The highest BCUT2D eigenvalue weighted by Gasteiger charge is 2.44. The number of allylic oxidation sites excluding steroid dienone is 6. The van der Waals surface area contributed by atoms with Crippen LogP contribution in [0.4, 0.5) is 11.4 Å². The number of carbonyl (C=O) groups excluding carboxylic acids is 2. The fourth-order valence-corrected chi connectivity index (χ4v) is 6.24. The Labute approximate surface area is 231 Å². The molecule has 2 aliphatic heterocycles. The summed E-state index contributed by atoms with van der Waals surface area (Å²) < 4.78 is 14.1. The molecular formula is C31H38N2O5P+. The van der Waals surface area contributed by atoms with Crippen LogP contribution < -0.4 is 10.2 Å². The van der Waals surface area contributed by atoms with Crippen LogP contribution >= 0.6 is 7.60 Å². The summed E-state index contributed by atoms with van der Waals surface area (Å²) in [6, 6.07) is 11.8. The van der Waals surface area contributed by atoms with Gasteiger partial charge in [0.2, 0.25) is 5.69 Å². The summed E-state index contributed by atoms with van der Waals surface area (Å²) in [5.74, 6) is 0. The molecule has 7 nitrogen and oxygen atoms in total. The van der Waals surface area contributed by atoms with Gasteiger partial charge in [0.25, 0.3) is 0 Å². The number of nitrogens with zero attached hydrogens (tertiary/aromatic N) is 2. The number of benzene rings is 2. The van der Waals surface area contributed by atoms with Gasteiger partial charge in [-0.3, -0.25) is 4.57 Å². The molecule has 39 heavy (non-hydrogen) atoms.